The number of methoxy groups -OCH3 is 1. The van der Waals surface area contributed by atoms with E-state index in [-0.39, 0.29) is 17.0 Å². The summed E-state index contributed by atoms with van der Waals surface area (Å²) in [5.41, 5.74) is 0.446. The number of benzene rings is 2. The third kappa shape index (κ3) is 4.29. The van der Waals surface area contributed by atoms with Crippen molar-refractivity contribution in [1.82, 2.24) is 0 Å². The Hall–Kier alpha value is -2.94. The van der Waals surface area contributed by atoms with Gasteiger partial charge in [-0.15, -0.1) is 0 Å². The second-order valence-electron chi connectivity index (χ2n) is 4.74. The summed E-state index contributed by atoms with van der Waals surface area (Å²) in [7, 11) is -2.68. The van der Waals surface area contributed by atoms with Crippen LogP contribution in [-0.2, 0) is 20.7 Å². The quantitative estimate of drug-likeness (QED) is 0.281. The lowest BCUT2D eigenvalue weighted by Crippen LogP contribution is -2.14. The zero-order valence-corrected chi connectivity index (χ0v) is 13.4. The minimum atomic E-state index is -4.21. The highest BCUT2D eigenvalue weighted by Crippen LogP contribution is 2.19. The third-order valence-electron chi connectivity index (χ3n) is 3.07. The molecule has 0 amide bonds. The molecule has 2 aromatic rings. The molecule has 126 valence electrons. The first kappa shape index (κ1) is 17.4. The molecule has 0 unspecified atom stereocenters. The molecule has 8 nitrogen and oxygen atoms in total. The maximum atomic E-state index is 12.1. The summed E-state index contributed by atoms with van der Waals surface area (Å²) in [5.74, 6) is 0.184. The summed E-state index contributed by atoms with van der Waals surface area (Å²) in [4.78, 5) is 9.68. The summed E-state index contributed by atoms with van der Waals surface area (Å²) in [6, 6.07) is 11.0. The van der Waals surface area contributed by atoms with E-state index in [0.29, 0.717) is 11.3 Å². The van der Waals surface area contributed by atoms with Gasteiger partial charge in [0.2, 0.25) is 5.90 Å². The van der Waals surface area contributed by atoms with Gasteiger partial charge >= 0.3 is 10.1 Å². The molecular formula is C15H14N2O6S. The molecule has 0 fully saturated rings. The lowest BCUT2D eigenvalue weighted by Gasteiger charge is -2.08. The molecule has 0 aliphatic rings. The summed E-state index contributed by atoms with van der Waals surface area (Å²) in [6.07, 6.45) is -0.0177. The van der Waals surface area contributed by atoms with Gasteiger partial charge in [0.15, 0.2) is 0 Å². The second-order valence-corrected chi connectivity index (χ2v) is 6.28. The molecule has 1 N–H and O–H groups in total. The molecule has 0 radical (unpaired) electrons. The first-order chi connectivity index (χ1) is 11.3. The van der Waals surface area contributed by atoms with Crippen LogP contribution in [0.5, 0.6) is 5.75 Å². The van der Waals surface area contributed by atoms with Gasteiger partial charge in [0.1, 0.15) is 10.6 Å². The van der Waals surface area contributed by atoms with Gasteiger partial charge in [-0.3, -0.25) is 15.5 Å². The molecule has 0 aromatic heterocycles. The Balaban J connectivity index is 2.07. The van der Waals surface area contributed by atoms with Crippen molar-refractivity contribution in [2.75, 3.05) is 7.11 Å². The highest BCUT2D eigenvalue weighted by molar-refractivity contribution is 7.87. The van der Waals surface area contributed by atoms with E-state index in [9.17, 15) is 18.5 Å². The standard InChI is InChI=1S/C15H14N2O6S/c1-22-13-6-2-11(3-7-13)10-15(16)23-24(20,21)14-8-4-12(5-9-14)17(18)19/h2-9,16H,10H2,1H3. The average molecular weight is 350 g/mol. The van der Waals surface area contributed by atoms with Gasteiger partial charge in [0.25, 0.3) is 5.69 Å². The van der Waals surface area contributed by atoms with Crippen molar-refractivity contribution in [3.8, 4) is 5.75 Å². The monoisotopic (exact) mass is 350 g/mol. The molecular weight excluding hydrogens is 336 g/mol. The summed E-state index contributed by atoms with van der Waals surface area (Å²) < 4.78 is 33.9. The highest BCUT2D eigenvalue weighted by atomic mass is 32.2. The van der Waals surface area contributed by atoms with Crippen molar-refractivity contribution in [3.63, 3.8) is 0 Å². The van der Waals surface area contributed by atoms with Crippen molar-refractivity contribution in [1.29, 1.82) is 5.41 Å². The SMILES string of the molecule is COc1ccc(CC(=N)OS(=O)(=O)c2ccc([N+](=O)[O-])cc2)cc1. The smallest absolute Gasteiger partial charge is 0.340 e. The first-order valence-electron chi connectivity index (χ1n) is 6.71. The maximum Gasteiger partial charge on any atom is 0.340 e. The molecule has 0 saturated heterocycles. The van der Waals surface area contributed by atoms with E-state index >= 15 is 0 Å². The predicted molar refractivity (Wildman–Crippen MR) is 85.8 cm³/mol. The molecule has 2 aromatic carbocycles. The predicted octanol–water partition coefficient (Wildman–Crippen LogP) is 2.53. The zero-order chi connectivity index (χ0) is 17.7. The molecule has 24 heavy (non-hydrogen) atoms. The van der Waals surface area contributed by atoms with Crippen LogP contribution in [0.1, 0.15) is 5.56 Å². The molecule has 9 heteroatoms. The fourth-order valence-electron chi connectivity index (χ4n) is 1.87. The van der Waals surface area contributed by atoms with Gasteiger partial charge in [0, 0.05) is 18.6 Å². The van der Waals surface area contributed by atoms with Gasteiger partial charge in [-0.05, 0) is 29.8 Å². The van der Waals surface area contributed by atoms with Crippen LogP contribution in [0.25, 0.3) is 0 Å². The van der Waals surface area contributed by atoms with E-state index in [4.69, 9.17) is 14.3 Å². The second kappa shape index (κ2) is 7.09. The third-order valence-corrected chi connectivity index (χ3v) is 4.34. The molecule has 0 atom stereocenters. The van der Waals surface area contributed by atoms with E-state index in [0.717, 1.165) is 24.3 Å². The number of nitro benzene ring substituents is 1. The summed E-state index contributed by atoms with van der Waals surface area (Å²) >= 11 is 0. The Morgan fingerprint density at radius 2 is 1.71 bits per heavy atom. The molecule has 0 heterocycles. The number of hydrogen-bond acceptors (Lipinski definition) is 7. The summed E-state index contributed by atoms with van der Waals surface area (Å²) in [6.45, 7) is 0. The lowest BCUT2D eigenvalue weighted by molar-refractivity contribution is -0.384. The Kier molecular flexibility index (Phi) is 5.14. The minimum absolute atomic E-state index is 0.0177. The first-order valence-corrected chi connectivity index (χ1v) is 8.12. The van der Waals surface area contributed by atoms with Gasteiger partial charge in [-0.25, -0.2) is 0 Å². The highest BCUT2D eigenvalue weighted by Gasteiger charge is 2.19. The van der Waals surface area contributed by atoms with E-state index < -0.39 is 20.9 Å². The molecule has 2 rings (SSSR count). The zero-order valence-electron chi connectivity index (χ0n) is 12.6. The topological polar surface area (TPSA) is 120 Å². The Bertz CT molecular complexity index is 845. The van der Waals surface area contributed by atoms with Crippen molar-refractivity contribution < 1.29 is 22.3 Å². The van der Waals surface area contributed by atoms with Crippen molar-refractivity contribution in [3.05, 3.63) is 64.2 Å². The Labute approximate surface area is 138 Å². The molecule has 0 saturated carbocycles. The number of nitro groups is 1. The van der Waals surface area contributed by atoms with Crippen molar-refractivity contribution in [2.24, 2.45) is 0 Å². The summed E-state index contributed by atoms with van der Waals surface area (Å²) in [5, 5.41) is 18.3. The number of ether oxygens (including phenoxy) is 1. The van der Waals surface area contributed by atoms with Crippen LogP contribution in [0.15, 0.2) is 53.4 Å². The van der Waals surface area contributed by atoms with Crippen LogP contribution in [0.3, 0.4) is 0 Å². The minimum Gasteiger partial charge on any atom is -0.497 e. The van der Waals surface area contributed by atoms with Crippen LogP contribution in [0.4, 0.5) is 5.69 Å². The van der Waals surface area contributed by atoms with E-state index in [1.807, 2.05) is 0 Å². The van der Waals surface area contributed by atoms with Crippen LogP contribution in [0, 0.1) is 15.5 Å². The molecule has 0 aliphatic heterocycles. The van der Waals surface area contributed by atoms with Gasteiger partial charge in [-0.1, -0.05) is 12.1 Å². The largest absolute Gasteiger partial charge is 0.497 e. The van der Waals surface area contributed by atoms with Crippen LogP contribution < -0.4 is 4.74 Å². The van der Waals surface area contributed by atoms with Crippen LogP contribution in [-0.4, -0.2) is 26.3 Å². The normalized spacial score (nSPS) is 10.9. The number of hydrogen-bond donors (Lipinski definition) is 1. The Morgan fingerprint density at radius 3 is 2.21 bits per heavy atom. The van der Waals surface area contributed by atoms with E-state index in [1.165, 1.54) is 7.11 Å². The fraction of sp³-hybridized carbons (Fsp3) is 0.133. The lowest BCUT2D eigenvalue weighted by atomic mass is 10.1. The molecule has 0 bridgehead atoms. The number of nitrogens with one attached hydrogen (secondary N) is 1. The van der Waals surface area contributed by atoms with E-state index in [1.54, 1.807) is 24.3 Å². The number of nitrogens with zero attached hydrogens (tertiary/aromatic N) is 1. The van der Waals surface area contributed by atoms with Gasteiger partial charge in [-0.2, -0.15) is 8.42 Å². The number of rotatable bonds is 6. The van der Waals surface area contributed by atoms with Crippen molar-refractivity contribution in [2.45, 2.75) is 11.3 Å². The Morgan fingerprint density at radius 1 is 1.12 bits per heavy atom. The van der Waals surface area contributed by atoms with E-state index in [2.05, 4.69) is 0 Å². The van der Waals surface area contributed by atoms with Gasteiger partial charge in [0.05, 0.1) is 12.0 Å². The average Bonchev–Trinajstić information content (AvgIpc) is 2.55. The molecule has 0 aliphatic carbocycles. The van der Waals surface area contributed by atoms with Crippen molar-refractivity contribution >= 4 is 21.7 Å². The number of non-ortho nitro benzene ring substituents is 1. The maximum absolute atomic E-state index is 12.1. The molecule has 0 spiro atoms. The van der Waals surface area contributed by atoms with Gasteiger partial charge < -0.3 is 8.92 Å². The fourth-order valence-corrected chi connectivity index (χ4v) is 2.76. The van der Waals surface area contributed by atoms with Crippen LogP contribution in [0.2, 0.25) is 0 Å². The van der Waals surface area contributed by atoms with Crippen LogP contribution >= 0.6 is 0 Å².